The van der Waals surface area contributed by atoms with E-state index < -0.39 is 23.1 Å². The van der Waals surface area contributed by atoms with Crippen LogP contribution in [0.15, 0.2) is 42.5 Å². The molecule has 2 aromatic rings. The van der Waals surface area contributed by atoms with Crippen molar-refractivity contribution in [2.45, 2.75) is 51.7 Å². The smallest absolute Gasteiger partial charge is 0.325 e. The summed E-state index contributed by atoms with van der Waals surface area (Å²) in [5.41, 5.74) is 0.365. The second-order valence-electron chi connectivity index (χ2n) is 8.35. The number of nitrogens with one attached hydrogen (secondary N) is 1. The predicted octanol–water partition coefficient (Wildman–Crippen LogP) is 5.77. The molecule has 0 spiro atoms. The third-order valence-electron chi connectivity index (χ3n) is 6.18. The summed E-state index contributed by atoms with van der Waals surface area (Å²) >= 11 is 0. The van der Waals surface area contributed by atoms with Crippen molar-refractivity contribution in [1.82, 2.24) is 0 Å². The molecule has 1 heterocycles. The Morgan fingerprint density at radius 2 is 1.77 bits per heavy atom. The van der Waals surface area contributed by atoms with Gasteiger partial charge in [0.25, 0.3) is 5.91 Å². The van der Waals surface area contributed by atoms with E-state index in [-0.39, 0.29) is 18.1 Å². The van der Waals surface area contributed by atoms with E-state index in [0.29, 0.717) is 16.8 Å². The van der Waals surface area contributed by atoms with Crippen LogP contribution in [-0.2, 0) is 17.5 Å². The minimum absolute atomic E-state index is 0.110. The van der Waals surface area contributed by atoms with Crippen molar-refractivity contribution in [3.05, 3.63) is 59.2 Å². The molecular weight excluding hydrogens is 393 g/mol. The SMILES string of the molecule is CC1(C(=O)Nc2cccc3c2C(=O)N(c2cccc(C(F)(F)F)c2)C3)CCCCC1. The van der Waals surface area contributed by atoms with Crippen molar-refractivity contribution in [2.75, 3.05) is 10.2 Å². The maximum absolute atomic E-state index is 13.1. The third-order valence-corrected chi connectivity index (χ3v) is 6.18. The molecule has 2 aliphatic rings. The molecule has 0 radical (unpaired) electrons. The number of alkyl halides is 3. The fourth-order valence-electron chi connectivity index (χ4n) is 4.36. The molecule has 7 heteroatoms. The number of carbonyl (C=O) groups is 2. The van der Waals surface area contributed by atoms with E-state index in [1.165, 1.54) is 17.0 Å². The highest BCUT2D eigenvalue weighted by molar-refractivity contribution is 6.15. The first-order valence-corrected chi connectivity index (χ1v) is 10.1. The van der Waals surface area contributed by atoms with Crippen molar-refractivity contribution in [2.24, 2.45) is 5.41 Å². The molecule has 0 atom stereocenters. The average Bonchev–Trinajstić information content (AvgIpc) is 3.05. The number of carbonyl (C=O) groups excluding carboxylic acids is 2. The fraction of sp³-hybridized carbons (Fsp3) is 0.391. The molecule has 0 unspecified atom stereocenters. The van der Waals surface area contributed by atoms with E-state index >= 15 is 0 Å². The minimum Gasteiger partial charge on any atom is -0.325 e. The Morgan fingerprint density at radius 3 is 2.47 bits per heavy atom. The Bertz CT molecular complexity index is 994. The molecule has 0 bridgehead atoms. The molecule has 2 amide bonds. The molecule has 1 fully saturated rings. The number of anilines is 2. The highest BCUT2D eigenvalue weighted by Crippen LogP contribution is 2.39. The summed E-state index contributed by atoms with van der Waals surface area (Å²) in [6, 6.07) is 9.93. The summed E-state index contributed by atoms with van der Waals surface area (Å²) in [7, 11) is 0. The summed E-state index contributed by atoms with van der Waals surface area (Å²) < 4.78 is 39.3. The van der Waals surface area contributed by atoms with Crippen LogP contribution in [0, 0.1) is 5.41 Å². The van der Waals surface area contributed by atoms with Gasteiger partial charge in [-0.3, -0.25) is 9.59 Å². The molecule has 4 rings (SSSR count). The average molecular weight is 416 g/mol. The van der Waals surface area contributed by atoms with Gasteiger partial charge in [0.15, 0.2) is 0 Å². The maximum Gasteiger partial charge on any atom is 0.416 e. The van der Waals surface area contributed by atoms with Gasteiger partial charge >= 0.3 is 6.18 Å². The summed E-state index contributed by atoms with van der Waals surface area (Å²) in [5, 5.41) is 2.92. The lowest BCUT2D eigenvalue weighted by Gasteiger charge is -2.32. The standard InChI is InChI=1S/C23H23F3N2O2/c1-22(11-3-2-4-12-22)21(30)27-18-10-5-7-15-14-28(20(29)19(15)18)17-9-6-8-16(13-17)23(24,25)26/h5-10,13H,2-4,11-12,14H2,1H3,(H,27,30). The first-order valence-electron chi connectivity index (χ1n) is 10.1. The van der Waals surface area contributed by atoms with Gasteiger partial charge in [0.1, 0.15) is 0 Å². The Kier molecular flexibility index (Phi) is 5.08. The normalized spacial score (nSPS) is 18.3. The Morgan fingerprint density at radius 1 is 1.07 bits per heavy atom. The van der Waals surface area contributed by atoms with Crippen LogP contribution < -0.4 is 10.2 Å². The monoisotopic (exact) mass is 416 g/mol. The van der Waals surface area contributed by atoms with E-state index in [1.807, 2.05) is 6.92 Å². The summed E-state index contributed by atoms with van der Waals surface area (Å²) in [5.74, 6) is -0.519. The zero-order chi connectivity index (χ0) is 21.5. The van der Waals surface area contributed by atoms with Crippen LogP contribution in [0.2, 0.25) is 0 Å². The van der Waals surface area contributed by atoms with Gasteiger partial charge in [-0.1, -0.05) is 44.4 Å². The molecule has 158 valence electrons. The number of hydrogen-bond donors (Lipinski definition) is 1. The Balaban J connectivity index is 1.61. The van der Waals surface area contributed by atoms with Gasteiger partial charge in [-0.15, -0.1) is 0 Å². The zero-order valence-electron chi connectivity index (χ0n) is 16.7. The van der Waals surface area contributed by atoms with Crippen LogP contribution in [0.25, 0.3) is 0 Å². The summed E-state index contributed by atoms with van der Waals surface area (Å²) in [4.78, 5) is 27.4. The highest BCUT2D eigenvalue weighted by atomic mass is 19.4. The molecule has 0 saturated heterocycles. The van der Waals surface area contributed by atoms with Crippen LogP contribution in [0.1, 0.15) is 60.5 Å². The van der Waals surface area contributed by atoms with Gasteiger partial charge in [0.2, 0.25) is 5.91 Å². The lowest BCUT2D eigenvalue weighted by molar-refractivity contribution is -0.137. The minimum atomic E-state index is -4.49. The number of fused-ring (bicyclic) bond motifs is 1. The van der Waals surface area contributed by atoms with E-state index in [1.54, 1.807) is 18.2 Å². The second-order valence-corrected chi connectivity index (χ2v) is 8.35. The predicted molar refractivity (Wildman–Crippen MR) is 108 cm³/mol. The summed E-state index contributed by atoms with van der Waals surface area (Å²) in [6.07, 6.45) is 0.239. The molecule has 1 aliphatic carbocycles. The fourth-order valence-corrected chi connectivity index (χ4v) is 4.36. The van der Waals surface area contributed by atoms with Gasteiger partial charge in [-0.05, 0) is 42.7 Å². The first kappa shape index (κ1) is 20.4. The first-order chi connectivity index (χ1) is 14.2. The number of rotatable bonds is 3. The lowest BCUT2D eigenvalue weighted by atomic mass is 9.75. The molecule has 1 N–H and O–H groups in total. The molecule has 30 heavy (non-hydrogen) atoms. The molecule has 1 saturated carbocycles. The van der Waals surface area contributed by atoms with Crippen molar-refractivity contribution in [3.63, 3.8) is 0 Å². The number of amides is 2. The second kappa shape index (κ2) is 7.45. The maximum atomic E-state index is 13.1. The van der Waals surface area contributed by atoms with Gasteiger partial charge < -0.3 is 10.2 Å². The van der Waals surface area contributed by atoms with Gasteiger partial charge in [0.05, 0.1) is 23.4 Å². The van der Waals surface area contributed by atoms with E-state index in [2.05, 4.69) is 5.32 Å². The van der Waals surface area contributed by atoms with E-state index in [4.69, 9.17) is 0 Å². The Hall–Kier alpha value is -2.83. The lowest BCUT2D eigenvalue weighted by Crippen LogP contribution is -2.35. The molecule has 0 aromatic heterocycles. The van der Waals surface area contributed by atoms with Crippen molar-refractivity contribution in [1.29, 1.82) is 0 Å². The van der Waals surface area contributed by atoms with Crippen LogP contribution in [0.3, 0.4) is 0 Å². The number of halogens is 3. The summed E-state index contributed by atoms with van der Waals surface area (Å²) in [6.45, 7) is 2.11. The van der Waals surface area contributed by atoms with Crippen LogP contribution in [-0.4, -0.2) is 11.8 Å². The van der Waals surface area contributed by atoms with Crippen molar-refractivity contribution < 1.29 is 22.8 Å². The van der Waals surface area contributed by atoms with Crippen molar-refractivity contribution in [3.8, 4) is 0 Å². The topological polar surface area (TPSA) is 49.4 Å². The molecular formula is C23H23F3N2O2. The molecule has 4 nitrogen and oxygen atoms in total. The van der Waals surface area contributed by atoms with Gasteiger partial charge in [-0.2, -0.15) is 13.2 Å². The van der Waals surface area contributed by atoms with Gasteiger partial charge in [0, 0.05) is 11.1 Å². The molecule has 2 aromatic carbocycles. The quantitative estimate of drug-likeness (QED) is 0.690. The van der Waals surface area contributed by atoms with Crippen LogP contribution in [0.4, 0.5) is 24.5 Å². The largest absolute Gasteiger partial charge is 0.416 e. The number of benzene rings is 2. The highest BCUT2D eigenvalue weighted by Gasteiger charge is 2.37. The zero-order valence-corrected chi connectivity index (χ0v) is 16.7. The number of hydrogen-bond acceptors (Lipinski definition) is 2. The van der Waals surface area contributed by atoms with Crippen LogP contribution in [0.5, 0.6) is 0 Å². The van der Waals surface area contributed by atoms with Gasteiger partial charge in [-0.25, -0.2) is 0 Å². The third kappa shape index (κ3) is 3.68. The molecule has 1 aliphatic heterocycles. The van der Waals surface area contributed by atoms with E-state index in [0.717, 1.165) is 44.2 Å². The van der Waals surface area contributed by atoms with E-state index in [9.17, 15) is 22.8 Å². The number of nitrogens with zero attached hydrogens (tertiary/aromatic N) is 1. The van der Waals surface area contributed by atoms with Crippen LogP contribution >= 0.6 is 0 Å². The van der Waals surface area contributed by atoms with Crippen molar-refractivity contribution >= 4 is 23.2 Å². The Labute approximate surface area is 173 Å².